The summed E-state index contributed by atoms with van der Waals surface area (Å²) in [6.45, 7) is 6.41. The van der Waals surface area contributed by atoms with Crippen LogP contribution in [0.15, 0.2) is 60.0 Å². The second kappa shape index (κ2) is 9.44. The molecule has 0 heterocycles. The lowest BCUT2D eigenvalue weighted by molar-refractivity contribution is -0.123. The first-order chi connectivity index (χ1) is 13.6. The number of hydrogen-bond donors (Lipinski definition) is 2. The van der Waals surface area contributed by atoms with E-state index in [1.165, 1.54) is 43.3 Å². The molecule has 0 saturated heterocycles. The van der Waals surface area contributed by atoms with Gasteiger partial charge >= 0.3 is 5.97 Å². The quantitative estimate of drug-likeness (QED) is 0.505. The number of benzene rings is 2. The molecule has 2 aromatic carbocycles. The number of esters is 1. The van der Waals surface area contributed by atoms with Crippen LogP contribution in [0, 0.1) is 12.7 Å². The zero-order valence-electron chi connectivity index (χ0n) is 15.9. The zero-order chi connectivity index (χ0) is 21.6. The summed E-state index contributed by atoms with van der Waals surface area (Å²) in [5.41, 5.74) is 0.620. The lowest BCUT2D eigenvalue weighted by Gasteiger charge is -2.14. The van der Waals surface area contributed by atoms with Gasteiger partial charge in [0.2, 0.25) is 10.0 Å². The van der Waals surface area contributed by atoms with Crippen molar-refractivity contribution >= 4 is 27.6 Å². The van der Waals surface area contributed by atoms with Crippen molar-refractivity contribution in [1.82, 2.24) is 4.72 Å². The predicted octanol–water partition coefficient (Wildman–Crippen LogP) is 2.78. The van der Waals surface area contributed by atoms with Crippen molar-refractivity contribution in [3.63, 3.8) is 0 Å². The van der Waals surface area contributed by atoms with Gasteiger partial charge in [0.25, 0.3) is 5.91 Å². The molecule has 2 rings (SSSR count). The van der Waals surface area contributed by atoms with Crippen molar-refractivity contribution in [2.45, 2.75) is 24.8 Å². The number of rotatable bonds is 8. The Labute approximate surface area is 168 Å². The fourth-order valence-electron chi connectivity index (χ4n) is 2.24. The van der Waals surface area contributed by atoms with E-state index in [0.29, 0.717) is 5.56 Å². The normalized spacial score (nSPS) is 12.1. The summed E-state index contributed by atoms with van der Waals surface area (Å²) in [5.74, 6) is -2.00. The maximum absolute atomic E-state index is 13.6. The highest BCUT2D eigenvalue weighted by molar-refractivity contribution is 7.89. The molecule has 0 radical (unpaired) electrons. The van der Waals surface area contributed by atoms with Crippen LogP contribution in [-0.2, 0) is 19.6 Å². The number of halogens is 1. The number of aryl methyl sites for hydroxylation is 1. The topological polar surface area (TPSA) is 102 Å². The smallest absolute Gasteiger partial charge is 0.338 e. The Hall–Kier alpha value is -3.04. The third kappa shape index (κ3) is 5.97. The molecule has 0 aliphatic carbocycles. The van der Waals surface area contributed by atoms with Crippen LogP contribution in [0.5, 0.6) is 0 Å². The van der Waals surface area contributed by atoms with E-state index in [4.69, 9.17) is 4.74 Å². The van der Waals surface area contributed by atoms with Crippen LogP contribution in [0.1, 0.15) is 22.8 Å². The van der Waals surface area contributed by atoms with E-state index >= 15 is 0 Å². The maximum atomic E-state index is 13.6. The number of carbonyl (C=O) groups is 2. The first-order valence-electron chi connectivity index (χ1n) is 8.62. The molecule has 0 unspecified atom stereocenters. The Morgan fingerprint density at radius 1 is 1.24 bits per heavy atom. The fourth-order valence-corrected chi connectivity index (χ4v) is 3.28. The van der Waals surface area contributed by atoms with E-state index in [2.05, 4.69) is 16.6 Å². The van der Waals surface area contributed by atoms with Crippen LogP contribution in [0.3, 0.4) is 0 Å². The minimum absolute atomic E-state index is 0.0347. The third-order valence-corrected chi connectivity index (χ3v) is 5.31. The summed E-state index contributed by atoms with van der Waals surface area (Å²) in [6, 6.07) is 9.42. The van der Waals surface area contributed by atoms with Gasteiger partial charge in [0.1, 0.15) is 5.82 Å². The average Bonchev–Trinajstić information content (AvgIpc) is 2.69. The van der Waals surface area contributed by atoms with Crippen molar-refractivity contribution in [3.8, 4) is 0 Å². The largest absolute Gasteiger partial charge is 0.449 e. The van der Waals surface area contributed by atoms with E-state index in [1.807, 2.05) is 0 Å². The van der Waals surface area contributed by atoms with Crippen LogP contribution in [0.25, 0.3) is 0 Å². The summed E-state index contributed by atoms with van der Waals surface area (Å²) in [6.07, 6.45) is 0.196. The standard InChI is InChI=1S/C20H21FN2O5S/c1-4-10-22-29(26,27)17-7-5-6-15(11-17)20(25)28-14(3)19(24)23-16-9-8-13(2)18(21)12-16/h4-9,11-12,14,22H,1,10H2,2-3H3,(H,23,24)/t14-/m1/s1. The second-order valence-corrected chi connectivity index (χ2v) is 7.94. The van der Waals surface area contributed by atoms with Gasteiger partial charge in [0.15, 0.2) is 6.10 Å². The van der Waals surface area contributed by atoms with Gasteiger partial charge in [0.05, 0.1) is 10.5 Å². The first-order valence-corrected chi connectivity index (χ1v) is 10.1. The molecule has 1 amide bonds. The number of ether oxygens (including phenoxy) is 1. The maximum Gasteiger partial charge on any atom is 0.338 e. The van der Waals surface area contributed by atoms with Crippen molar-refractivity contribution in [2.24, 2.45) is 0 Å². The van der Waals surface area contributed by atoms with Crippen molar-refractivity contribution in [2.75, 3.05) is 11.9 Å². The molecule has 2 aromatic rings. The number of nitrogens with one attached hydrogen (secondary N) is 2. The Bertz CT molecular complexity index is 1040. The van der Waals surface area contributed by atoms with Crippen LogP contribution in [0.2, 0.25) is 0 Å². The van der Waals surface area contributed by atoms with Gasteiger partial charge in [0, 0.05) is 12.2 Å². The molecule has 9 heteroatoms. The molecule has 0 spiro atoms. The third-order valence-electron chi connectivity index (χ3n) is 3.89. The molecule has 0 saturated carbocycles. The highest BCUT2D eigenvalue weighted by Gasteiger charge is 2.21. The summed E-state index contributed by atoms with van der Waals surface area (Å²) in [5, 5.41) is 2.45. The lowest BCUT2D eigenvalue weighted by atomic mass is 10.2. The molecule has 0 aromatic heterocycles. The summed E-state index contributed by atoms with van der Waals surface area (Å²) >= 11 is 0. The Balaban J connectivity index is 2.07. The number of amides is 1. The second-order valence-electron chi connectivity index (χ2n) is 6.17. The summed E-state index contributed by atoms with van der Waals surface area (Å²) in [7, 11) is -3.82. The average molecular weight is 420 g/mol. The number of carbonyl (C=O) groups excluding carboxylic acids is 2. The van der Waals surface area contributed by atoms with Gasteiger partial charge in [-0.3, -0.25) is 4.79 Å². The van der Waals surface area contributed by atoms with Crippen LogP contribution < -0.4 is 10.0 Å². The van der Waals surface area contributed by atoms with Gasteiger partial charge in [-0.15, -0.1) is 6.58 Å². The predicted molar refractivity (Wildman–Crippen MR) is 106 cm³/mol. The minimum Gasteiger partial charge on any atom is -0.449 e. The SMILES string of the molecule is C=CCNS(=O)(=O)c1cccc(C(=O)O[C@H](C)C(=O)Nc2ccc(C)c(F)c2)c1. The van der Waals surface area contributed by atoms with E-state index in [-0.39, 0.29) is 22.7 Å². The molecular weight excluding hydrogens is 399 g/mol. The Morgan fingerprint density at radius 2 is 1.97 bits per heavy atom. The number of hydrogen-bond acceptors (Lipinski definition) is 5. The number of anilines is 1. The van der Waals surface area contributed by atoms with Crippen molar-refractivity contribution < 1.29 is 27.1 Å². The molecule has 0 aliphatic rings. The Morgan fingerprint density at radius 3 is 2.62 bits per heavy atom. The van der Waals surface area contributed by atoms with E-state index in [0.717, 1.165) is 12.1 Å². The van der Waals surface area contributed by atoms with Crippen LogP contribution in [0.4, 0.5) is 10.1 Å². The monoisotopic (exact) mass is 420 g/mol. The number of sulfonamides is 1. The van der Waals surface area contributed by atoms with Crippen molar-refractivity contribution in [3.05, 3.63) is 72.1 Å². The lowest BCUT2D eigenvalue weighted by Crippen LogP contribution is -2.30. The van der Waals surface area contributed by atoms with E-state index in [9.17, 15) is 22.4 Å². The Kier molecular flexibility index (Phi) is 7.24. The van der Waals surface area contributed by atoms with Crippen LogP contribution in [-0.4, -0.2) is 32.9 Å². The van der Waals surface area contributed by atoms with Gasteiger partial charge in [-0.05, 0) is 49.7 Å². The van der Waals surface area contributed by atoms with Gasteiger partial charge < -0.3 is 10.1 Å². The fraction of sp³-hybridized carbons (Fsp3) is 0.200. The summed E-state index contributed by atoms with van der Waals surface area (Å²) in [4.78, 5) is 24.4. The molecular formula is C20H21FN2O5S. The van der Waals surface area contributed by atoms with E-state index in [1.54, 1.807) is 6.92 Å². The first kappa shape index (κ1) is 22.3. The molecule has 0 bridgehead atoms. The summed E-state index contributed by atoms with van der Waals surface area (Å²) < 4.78 is 45.3. The minimum atomic E-state index is -3.82. The molecule has 2 N–H and O–H groups in total. The molecule has 29 heavy (non-hydrogen) atoms. The van der Waals surface area contributed by atoms with Gasteiger partial charge in [-0.1, -0.05) is 18.2 Å². The van der Waals surface area contributed by atoms with Crippen LogP contribution >= 0.6 is 0 Å². The van der Waals surface area contributed by atoms with Gasteiger partial charge in [-0.25, -0.2) is 22.3 Å². The highest BCUT2D eigenvalue weighted by Crippen LogP contribution is 2.16. The molecule has 154 valence electrons. The molecule has 0 aliphatic heterocycles. The van der Waals surface area contributed by atoms with E-state index < -0.39 is 33.8 Å². The molecule has 7 nitrogen and oxygen atoms in total. The highest BCUT2D eigenvalue weighted by atomic mass is 32.2. The molecule has 1 atom stereocenters. The van der Waals surface area contributed by atoms with Gasteiger partial charge in [-0.2, -0.15) is 0 Å². The molecule has 0 fully saturated rings. The zero-order valence-corrected chi connectivity index (χ0v) is 16.8. The van der Waals surface area contributed by atoms with Crippen molar-refractivity contribution in [1.29, 1.82) is 0 Å².